The molecule has 5 heteroatoms. The summed E-state index contributed by atoms with van der Waals surface area (Å²) in [6.07, 6.45) is 1.01. The van der Waals surface area contributed by atoms with Crippen molar-refractivity contribution in [2.75, 3.05) is 10.6 Å². The van der Waals surface area contributed by atoms with Gasteiger partial charge in [0.05, 0.1) is 5.69 Å². The van der Waals surface area contributed by atoms with Crippen LogP contribution in [0.2, 0.25) is 0 Å². The van der Waals surface area contributed by atoms with Crippen LogP contribution in [-0.2, 0) is 9.59 Å². The first-order valence-corrected chi connectivity index (χ1v) is 6.03. The molecule has 1 aromatic carbocycles. The summed E-state index contributed by atoms with van der Waals surface area (Å²) in [4.78, 5) is 23.1. The monoisotopic (exact) mass is 260 g/mol. The molecule has 0 bridgehead atoms. The number of rotatable bonds is 2. The zero-order chi connectivity index (χ0) is 14.0. The van der Waals surface area contributed by atoms with E-state index in [1.165, 1.54) is 6.08 Å². The van der Waals surface area contributed by atoms with E-state index in [0.717, 1.165) is 5.57 Å². The second-order valence-electron chi connectivity index (χ2n) is 4.67. The van der Waals surface area contributed by atoms with Crippen molar-refractivity contribution in [3.05, 3.63) is 29.8 Å². The number of benzene rings is 1. The SMILES string of the molecule is CC(C)=CC(=O)Nc1ccc2c(c1)NC(=O)[C@@H](C)O2. The maximum Gasteiger partial charge on any atom is 0.265 e. The Morgan fingerprint density at radius 2 is 2.16 bits per heavy atom. The predicted molar refractivity (Wildman–Crippen MR) is 73.2 cm³/mol. The molecule has 0 aromatic heterocycles. The van der Waals surface area contributed by atoms with E-state index in [9.17, 15) is 9.59 Å². The Hall–Kier alpha value is -2.30. The van der Waals surface area contributed by atoms with Crippen molar-refractivity contribution in [2.24, 2.45) is 0 Å². The molecule has 2 rings (SSSR count). The topological polar surface area (TPSA) is 67.4 Å². The van der Waals surface area contributed by atoms with E-state index >= 15 is 0 Å². The molecule has 1 aliphatic rings. The summed E-state index contributed by atoms with van der Waals surface area (Å²) in [6, 6.07) is 5.14. The van der Waals surface area contributed by atoms with Crippen LogP contribution in [0.5, 0.6) is 5.75 Å². The van der Waals surface area contributed by atoms with Crippen molar-refractivity contribution < 1.29 is 14.3 Å². The Kier molecular flexibility index (Phi) is 3.55. The van der Waals surface area contributed by atoms with Gasteiger partial charge in [0.1, 0.15) is 5.75 Å². The molecular weight excluding hydrogens is 244 g/mol. The largest absolute Gasteiger partial charge is 0.479 e. The Morgan fingerprint density at radius 1 is 1.42 bits per heavy atom. The maximum atomic E-state index is 11.6. The number of ether oxygens (including phenoxy) is 1. The van der Waals surface area contributed by atoms with Crippen molar-refractivity contribution in [1.82, 2.24) is 0 Å². The van der Waals surface area contributed by atoms with Crippen molar-refractivity contribution in [3.8, 4) is 5.75 Å². The maximum absolute atomic E-state index is 11.6. The third-order valence-corrected chi connectivity index (χ3v) is 2.60. The summed E-state index contributed by atoms with van der Waals surface area (Å²) in [5, 5.41) is 5.46. The average molecular weight is 260 g/mol. The molecule has 0 aliphatic carbocycles. The predicted octanol–water partition coefficient (Wildman–Crippen LogP) is 2.31. The highest BCUT2D eigenvalue weighted by Gasteiger charge is 2.23. The van der Waals surface area contributed by atoms with Gasteiger partial charge in [-0.25, -0.2) is 0 Å². The van der Waals surface area contributed by atoms with Crippen LogP contribution in [0.1, 0.15) is 20.8 Å². The van der Waals surface area contributed by atoms with E-state index in [4.69, 9.17) is 4.74 Å². The van der Waals surface area contributed by atoms with Crippen LogP contribution < -0.4 is 15.4 Å². The van der Waals surface area contributed by atoms with E-state index < -0.39 is 6.10 Å². The Labute approximate surface area is 111 Å². The number of amides is 2. The number of carbonyl (C=O) groups excluding carboxylic acids is 2. The molecule has 1 heterocycles. The van der Waals surface area contributed by atoms with Gasteiger partial charge in [-0.05, 0) is 39.0 Å². The van der Waals surface area contributed by atoms with Crippen LogP contribution in [-0.4, -0.2) is 17.9 Å². The highest BCUT2D eigenvalue weighted by molar-refractivity contribution is 6.02. The molecule has 19 heavy (non-hydrogen) atoms. The number of carbonyl (C=O) groups is 2. The van der Waals surface area contributed by atoms with Gasteiger partial charge in [0.25, 0.3) is 5.91 Å². The molecule has 0 fully saturated rings. The van der Waals surface area contributed by atoms with Gasteiger partial charge in [-0.1, -0.05) is 5.57 Å². The van der Waals surface area contributed by atoms with Gasteiger partial charge in [-0.15, -0.1) is 0 Å². The normalized spacial score (nSPS) is 16.8. The number of nitrogens with one attached hydrogen (secondary N) is 2. The van der Waals surface area contributed by atoms with Gasteiger partial charge >= 0.3 is 0 Å². The first kappa shape index (κ1) is 13.1. The molecular formula is C14H16N2O3. The molecule has 1 aromatic rings. The van der Waals surface area contributed by atoms with E-state index in [2.05, 4.69) is 10.6 Å². The van der Waals surface area contributed by atoms with Crippen molar-refractivity contribution >= 4 is 23.2 Å². The minimum absolute atomic E-state index is 0.194. The molecule has 1 aliphatic heterocycles. The number of anilines is 2. The molecule has 0 spiro atoms. The molecule has 100 valence electrons. The first-order valence-electron chi connectivity index (χ1n) is 6.03. The fraction of sp³-hybridized carbons (Fsp3) is 0.286. The smallest absolute Gasteiger partial charge is 0.265 e. The molecule has 0 radical (unpaired) electrons. The molecule has 2 amide bonds. The third-order valence-electron chi connectivity index (χ3n) is 2.60. The average Bonchev–Trinajstić information content (AvgIpc) is 2.30. The number of allylic oxidation sites excluding steroid dienone is 1. The van der Waals surface area contributed by atoms with Gasteiger partial charge in [0.2, 0.25) is 5.91 Å². The van der Waals surface area contributed by atoms with Crippen LogP contribution in [0, 0.1) is 0 Å². The second-order valence-corrected chi connectivity index (χ2v) is 4.67. The van der Waals surface area contributed by atoms with Gasteiger partial charge in [-0.2, -0.15) is 0 Å². The summed E-state index contributed by atoms with van der Waals surface area (Å²) < 4.78 is 5.43. The lowest BCUT2D eigenvalue weighted by molar-refractivity contribution is -0.122. The minimum atomic E-state index is -0.501. The number of fused-ring (bicyclic) bond motifs is 1. The van der Waals surface area contributed by atoms with Gasteiger partial charge in [-0.3, -0.25) is 9.59 Å². The lowest BCUT2D eigenvalue weighted by Gasteiger charge is -2.23. The lowest BCUT2D eigenvalue weighted by Crippen LogP contribution is -2.34. The van der Waals surface area contributed by atoms with Crippen LogP contribution in [0.15, 0.2) is 29.8 Å². The summed E-state index contributed by atoms with van der Waals surface area (Å²) in [6.45, 7) is 5.38. The molecule has 1 atom stereocenters. The quantitative estimate of drug-likeness (QED) is 0.802. The number of hydrogen-bond acceptors (Lipinski definition) is 3. The summed E-state index contributed by atoms with van der Waals surface area (Å²) >= 11 is 0. The Bertz CT molecular complexity index is 560. The first-order chi connectivity index (χ1) is 8.95. The van der Waals surface area contributed by atoms with E-state index in [0.29, 0.717) is 17.1 Å². The Balaban J connectivity index is 2.18. The summed E-state index contributed by atoms with van der Waals surface area (Å²) in [5.74, 6) is 0.212. The molecule has 0 unspecified atom stereocenters. The van der Waals surface area contributed by atoms with Gasteiger partial charge < -0.3 is 15.4 Å². The zero-order valence-corrected chi connectivity index (χ0v) is 11.1. The fourth-order valence-electron chi connectivity index (χ4n) is 1.73. The fourth-order valence-corrected chi connectivity index (χ4v) is 1.73. The molecule has 2 N–H and O–H groups in total. The van der Waals surface area contributed by atoms with Crippen LogP contribution >= 0.6 is 0 Å². The molecule has 0 saturated heterocycles. The van der Waals surface area contributed by atoms with Crippen LogP contribution in [0.4, 0.5) is 11.4 Å². The highest BCUT2D eigenvalue weighted by atomic mass is 16.5. The van der Waals surface area contributed by atoms with Gasteiger partial charge in [0.15, 0.2) is 6.10 Å². The van der Waals surface area contributed by atoms with E-state index in [1.54, 1.807) is 25.1 Å². The second kappa shape index (κ2) is 5.14. The standard InChI is InChI=1S/C14H16N2O3/c1-8(2)6-13(17)15-10-4-5-12-11(7-10)16-14(18)9(3)19-12/h4-7,9H,1-3H3,(H,15,17)(H,16,18)/t9-/m1/s1. The van der Waals surface area contributed by atoms with E-state index in [-0.39, 0.29) is 11.8 Å². The summed E-state index contributed by atoms with van der Waals surface area (Å²) in [7, 11) is 0. The van der Waals surface area contributed by atoms with Crippen LogP contribution in [0.25, 0.3) is 0 Å². The number of hydrogen-bond donors (Lipinski definition) is 2. The zero-order valence-electron chi connectivity index (χ0n) is 11.1. The van der Waals surface area contributed by atoms with Gasteiger partial charge in [0, 0.05) is 11.8 Å². The molecule has 5 nitrogen and oxygen atoms in total. The highest BCUT2D eigenvalue weighted by Crippen LogP contribution is 2.32. The third kappa shape index (κ3) is 3.13. The van der Waals surface area contributed by atoms with Crippen molar-refractivity contribution in [3.63, 3.8) is 0 Å². The van der Waals surface area contributed by atoms with E-state index in [1.807, 2.05) is 13.8 Å². The van der Waals surface area contributed by atoms with Crippen molar-refractivity contribution in [1.29, 1.82) is 0 Å². The Morgan fingerprint density at radius 3 is 2.84 bits per heavy atom. The lowest BCUT2D eigenvalue weighted by atomic mass is 10.2. The molecule has 0 saturated carbocycles. The minimum Gasteiger partial charge on any atom is -0.479 e. The van der Waals surface area contributed by atoms with Crippen LogP contribution in [0.3, 0.4) is 0 Å². The van der Waals surface area contributed by atoms with Crippen molar-refractivity contribution in [2.45, 2.75) is 26.9 Å². The summed E-state index contributed by atoms with van der Waals surface area (Å²) in [5.41, 5.74) is 2.10.